The molecule has 1 aliphatic heterocycles. The van der Waals surface area contributed by atoms with Gasteiger partial charge in [0, 0.05) is 19.2 Å². The van der Waals surface area contributed by atoms with Gasteiger partial charge in [0.15, 0.2) is 11.6 Å². The summed E-state index contributed by atoms with van der Waals surface area (Å²) in [6.07, 6.45) is -1.14. The fourth-order valence-corrected chi connectivity index (χ4v) is 4.72. The fraction of sp³-hybridized carbons (Fsp3) is 0.368. The molecule has 1 aliphatic rings. The molecule has 0 saturated carbocycles. The number of nitrogens with zero attached hydrogens (tertiary/aromatic N) is 2. The summed E-state index contributed by atoms with van der Waals surface area (Å²) in [5.74, 6) is -1.48. The van der Waals surface area contributed by atoms with Gasteiger partial charge in [-0.1, -0.05) is 30.3 Å². The third kappa shape index (κ3) is 5.28. The second-order valence-electron chi connectivity index (χ2n) is 6.77. The quantitative estimate of drug-likeness (QED) is 0.502. The zero-order chi connectivity index (χ0) is 21.0. The molecule has 29 heavy (non-hydrogen) atoms. The smallest absolute Gasteiger partial charge is 0.272 e. The maximum atomic E-state index is 14.0. The van der Waals surface area contributed by atoms with Crippen LogP contribution in [0.2, 0.25) is 0 Å². The summed E-state index contributed by atoms with van der Waals surface area (Å²) in [5.41, 5.74) is 0.0456. The van der Waals surface area contributed by atoms with Crippen LogP contribution in [0.5, 0.6) is 5.75 Å². The number of hydrogen-bond donors (Lipinski definition) is 0. The maximum Gasteiger partial charge on any atom is 0.272 e. The van der Waals surface area contributed by atoms with Crippen LogP contribution >= 0.6 is 0 Å². The molecular weight excluding hydrogens is 403 g/mol. The zero-order valence-corrected chi connectivity index (χ0v) is 16.3. The van der Waals surface area contributed by atoms with Crippen molar-refractivity contribution in [3.05, 3.63) is 70.0 Å². The van der Waals surface area contributed by atoms with E-state index in [1.165, 1.54) is 10.4 Å². The molecule has 3 rings (SSSR count). The first-order valence-electron chi connectivity index (χ1n) is 9.05. The molecule has 0 aromatic heterocycles. The molecule has 1 saturated heterocycles. The molecule has 10 heteroatoms. The van der Waals surface area contributed by atoms with Gasteiger partial charge >= 0.3 is 0 Å². The molecule has 2 aromatic carbocycles. The van der Waals surface area contributed by atoms with Crippen molar-refractivity contribution in [1.82, 2.24) is 4.31 Å². The normalized spacial score (nSPS) is 17.0. The van der Waals surface area contributed by atoms with E-state index >= 15 is 0 Å². The van der Waals surface area contributed by atoms with Crippen molar-refractivity contribution >= 4 is 15.7 Å². The topological polar surface area (TPSA) is 110 Å². The highest BCUT2D eigenvalue weighted by Crippen LogP contribution is 2.27. The number of benzene rings is 2. The van der Waals surface area contributed by atoms with Crippen molar-refractivity contribution < 1.29 is 27.6 Å². The van der Waals surface area contributed by atoms with E-state index < -0.39 is 38.7 Å². The Bertz CT molecular complexity index is 962. The molecule has 1 fully saturated rings. The SMILES string of the molecule is [O][C@@H](CS(=O)(=O)N1CCC(Oc2ccc([N+](=O)[O-])cc2F)CC1)c1ccccc1. The average molecular weight is 423 g/mol. The van der Waals surface area contributed by atoms with E-state index in [2.05, 4.69) is 0 Å². The minimum absolute atomic E-state index is 0.111. The lowest BCUT2D eigenvalue weighted by atomic mass is 10.1. The third-order valence-electron chi connectivity index (χ3n) is 4.75. The Hall–Kier alpha value is -2.56. The fourth-order valence-electron chi connectivity index (χ4n) is 3.17. The second-order valence-corrected chi connectivity index (χ2v) is 8.78. The maximum absolute atomic E-state index is 14.0. The number of non-ortho nitro benzene ring substituents is 1. The summed E-state index contributed by atoms with van der Waals surface area (Å²) in [6, 6.07) is 11.5. The van der Waals surface area contributed by atoms with Gasteiger partial charge in [-0.05, 0) is 24.5 Å². The predicted molar refractivity (Wildman–Crippen MR) is 102 cm³/mol. The largest absolute Gasteiger partial charge is 0.487 e. The van der Waals surface area contributed by atoms with Crippen molar-refractivity contribution in [3.63, 3.8) is 0 Å². The lowest BCUT2D eigenvalue weighted by Crippen LogP contribution is -2.43. The lowest BCUT2D eigenvalue weighted by molar-refractivity contribution is -0.385. The van der Waals surface area contributed by atoms with E-state index in [1.807, 2.05) is 0 Å². The van der Waals surface area contributed by atoms with Crippen LogP contribution in [-0.2, 0) is 15.1 Å². The molecule has 1 radical (unpaired) electrons. The number of sulfonamides is 1. The minimum atomic E-state index is -3.73. The molecular formula is C19H20FN2O6S. The number of hydrogen-bond acceptors (Lipinski definition) is 5. The number of nitro groups is 1. The zero-order valence-electron chi connectivity index (χ0n) is 15.4. The van der Waals surface area contributed by atoms with E-state index in [0.29, 0.717) is 18.4 Å². The van der Waals surface area contributed by atoms with Gasteiger partial charge in [0.1, 0.15) is 12.2 Å². The number of ether oxygens (including phenoxy) is 1. The van der Waals surface area contributed by atoms with Gasteiger partial charge in [0.25, 0.3) is 5.69 Å². The first-order chi connectivity index (χ1) is 13.8. The predicted octanol–water partition coefficient (Wildman–Crippen LogP) is 3.08. The number of halogens is 1. The highest BCUT2D eigenvalue weighted by Gasteiger charge is 2.31. The second kappa shape index (κ2) is 8.85. The molecule has 0 N–H and O–H groups in total. The van der Waals surface area contributed by atoms with Gasteiger partial charge in [0.2, 0.25) is 10.0 Å². The van der Waals surface area contributed by atoms with Gasteiger partial charge in [-0.3, -0.25) is 10.1 Å². The Kier molecular flexibility index (Phi) is 6.46. The highest BCUT2D eigenvalue weighted by atomic mass is 32.2. The van der Waals surface area contributed by atoms with Gasteiger partial charge in [0.05, 0.1) is 16.7 Å². The van der Waals surface area contributed by atoms with Gasteiger partial charge in [-0.25, -0.2) is 22.2 Å². The molecule has 0 unspecified atom stereocenters. The van der Waals surface area contributed by atoms with E-state index in [1.54, 1.807) is 30.3 Å². The molecule has 0 spiro atoms. The van der Waals surface area contributed by atoms with Crippen LogP contribution in [0.25, 0.3) is 0 Å². The Morgan fingerprint density at radius 3 is 2.41 bits per heavy atom. The number of nitro benzene ring substituents is 1. The van der Waals surface area contributed by atoms with Crippen molar-refractivity contribution in [2.24, 2.45) is 0 Å². The molecule has 1 heterocycles. The standard InChI is InChI=1S/C19H20FN2O6S/c20-17-12-15(22(24)25)6-7-19(17)28-16-8-10-21(11-9-16)29(26,27)13-18(23)14-4-2-1-3-5-14/h1-7,12,16,18H,8-11,13H2/t18-/m0/s1. The molecule has 2 aromatic rings. The van der Waals surface area contributed by atoms with E-state index in [4.69, 9.17) is 4.74 Å². The Labute approximate surface area is 167 Å². The minimum Gasteiger partial charge on any atom is -0.487 e. The van der Waals surface area contributed by atoms with Crippen LogP contribution in [0.1, 0.15) is 24.5 Å². The molecule has 0 bridgehead atoms. The number of rotatable bonds is 7. The van der Waals surface area contributed by atoms with Crippen LogP contribution < -0.4 is 4.74 Å². The van der Waals surface area contributed by atoms with Crippen molar-refractivity contribution in [2.75, 3.05) is 18.8 Å². The molecule has 0 aliphatic carbocycles. The summed E-state index contributed by atoms with van der Waals surface area (Å²) in [4.78, 5) is 9.97. The van der Waals surface area contributed by atoms with Crippen LogP contribution in [-0.4, -0.2) is 42.6 Å². The van der Waals surface area contributed by atoms with Crippen molar-refractivity contribution in [1.29, 1.82) is 0 Å². The van der Waals surface area contributed by atoms with Crippen LogP contribution in [0, 0.1) is 15.9 Å². The summed E-state index contributed by atoms with van der Waals surface area (Å²) in [6.45, 7) is 0.312. The number of piperidine rings is 1. The highest BCUT2D eigenvalue weighted by molar-refractivity contribution is 7.89. The first kappa shape index (κ1) is 21.2. The summed E-state index contributed by atoms with van der Waals surface area (Å²) < 4.78 is 45.9. The van der Waals surface area contributed by atoms with E-state index in [9.17, 15) is 28.0 Å². The summed E-state index contributed by atoms with van der Waals surface area (Å²) >= 11 is 0. The van der Waals surface area contributed by atoms with E-state index in [0.717, 1.165) is 12.1 Å². The Morgan fingerprint density at radius 2 is 1.83 bits per heavy atom. The monoisotopic (exact) mass is 423 g/mol. The average Bonchev–Trinajstić information content (AvgIpc) is 2.70. The van der Waals surface area contributed by atoms with Crippen LogP contribution in [0.4, 0.5) is 10.1 Å². The first-order valence-corrected chi connectivity index (χ1v) is 10.7. The Balaban J connectivity index is 1.56. The van der Waals surface area contributed by atoms with Gasteiger partial charge in [-0.2, -0.15) is 0 Å². The van der Waals surface area contributed by atoms with Crippen LogP contribution in [0.15, 0.2) is 48.5 Å². The van der Waals surface area contributed by atoms with Gasteiger partial charge < -0.3 is 4.74 Å². The van der Waals surface area contributed by atoms with Gasteiger partial charge in [-0.15, -0.1) is 0 Å². The summed E-state index contributed by atoms with van der Waals surface area (Å²) in [5, 5.41) is 22.9. The van der Waals surface area contributed by atoms with E-state index in [-0.39, 0.29) is 24.5 Å². The van der Waals surface area contributed by atoms with Crippen LogP contribution in [0.3, 0.4) is 0 Å². The molecule has 0 amide bonds. The molecule has 1 atom stereocenters. The summed E-state index contributed by atoms with van der Waals surface area (Å²) in [7, 11) is -3.73. The van der Waals surface area contributed by atoms with Crippen molar-refractivity contribution in [3.8, 4) is 5.75 Å². The molecule has 155 valence electrons. The van der Waals surface area contributed by atoms with Crippen molar-refractivity contribution in [2.45, 2.75) is 25.0 Å². The third-order valence-corrected chi connectivity index (χ3v) is 6.62. The molecule has 8 nitrogen and oxygen atoms in total. The Morgan fingerprint density at radius 1 is 1.17 bits per heavy atom. The lowest BCUT2D eigenvalue weighted by Gasteiger charge is -2.31.